The van der Waals surface area contributed by atoms with Crippen molar-refractivity contribution in [2.24, 2.45) is 0 Å². The summed E-state index contributed by atoms with van der Waals surface area (Å²) in [6.07, 6.45) is 4.01. The molecule has 1 aliphatic rings. The molecular formula is C16H18N2O3. The van der Waals surface area contributed by atoms with E-state index in [9.17, 15) is 14.7 Å². The lowest BCUT2D eigenvalue weighted by Crippen LogP contribution is -2.57. The van der Waals surface area contributed by atoms with Gasteiger partial charge in [0, 0.05) is 29.2 Å². The Balaban J connectivity index is 1.97. The second-order valence-corrected chi connectivity index (χ2v) is 5.77. The van der Waals surface area contributed by atoms with E-state index in [-0.39, 0.29) is 5.91 Å². The predicted molar refractivity (Wildman–Crippen MR) is 79.2 cm³/mol. The van der Waals surface area contributed by atoms with Crippen molar-refractivity contribution in [1.29, 1.82) is 0 Å². The molecule has 1 unspecified atom stereocenters. The number of H-pyrrole nitrogens is 1. The fraction of sp³-hybridized carbons (Fsp3) is 0.375. The van der Waals surface area contributed by atoms with E-state index in [1.807, 2.05) is 24.4 Å². The number of carboxylic acids is 1. The first-order valence-electron chi connectivity index (χ1n) is 7.15. The third kappa shape index (κ3) is 2.18. The second-order valence-electron chi connectivity index (χ2n) is 5.77. The summed E-state index contributed by atoms with van der Waals surface area (Å²) in [5.74, 6) is -1.14. The van der Waals surface area contributed by atoms with Gasteiger partial charge in [0.05, 0.1) is 0 Å². The average Bonchev–Trinajstić information content (AvgIpc) is 2.94. The third-order valence-corrected chi connectivity index (χ3v) is 4.40. The fourth-order valence-corrected chi connectivity index (χ4v) is 3.01. The number of carboxylic acid groups (broad SMARTS) is 1. The molecule has 3 rings (SSSR count). The summed E-state index contributed by atoms with van der Waals surface area (Å²) in [5, 5.41) is 10.5. The third-order valence-electron chi connectivity index (χ3n) is 4.40. The first kappa shape index (κ1) is 13.7. The van der Waals surface area contributed by atoms with Gasteiger partial charge in [-0.25, -0.2) is 4.79 Å². The summed E-state index contributed by atoms with van der Waals surface area (Å²) >= 11 is 0. The number of fused-ring (bicyclic) bond motifs is 1. The van der Waals surface area contributed by atoms with E-state index in [1.165, 1.54) is 4.90 Å². The largest absolute Gasteiger partial charge is 0.480 e. The molecule has 1 fully saturated rings. The van der Waals surface area contributed by atoms with E-state index in [1.54, 1.807) is 13.0 Å². The molecule has 1 saturated heterocycles. The zero-order valence-electron chi connectivity index (χ0n) is 11.9. The van der Waals surface area contributed by atoms with Crippen LogP contribution in [0.15, 0.2) is 30.5 Å². The molecule has 1 aliphatic heterocycles. The van der Waals surface area contributed by atoms with Crippen molar-refractivity contribution in [2.75, 3.05) is 6.54 Å². The number of carbonyl (C=O) groups is 2. The summed E-state index contributed by atoms with van der Waals surface area (Å²) in [6.45, 7) is 2.13. The molecule has 0 aliphatic carbocycles. The van der Waals surface area contributed by atoms with Crippen molar-refractivity contribution in [3.8, 4) is 0 Å². The van der Waals surface area contributed by atoms with Crippen molar-refractivity contribution < 1.29 is 14.7 Å². The topological polar surface area (TPSA) is 73.4 Å². The SMILES string of the molecule is CC1(C(=O)O)CCCCN1C(=O)c1ccc2[nH]ccc2c1. The van der Waals surface area contributed by atoms with Crippen LogP contribution in [-0.2, 0) is 4.79 Å². The standard InChI is InChI=1S/C16H18N2O3/c1-16(15(20)21)7-2-3-9-18(16)14(19)12-4-5-13-11(10-12)6-8-17-13/h4-6,8,10,17H,2-3,7,9H2,1H3,(H,20,21). The van der Waals surface area contributed by atoms with E-state index >= 15 is 0 Å². The highest BCUT2D eigenvalue weighted by Gasteiger charge is 2.44. The van der Waals surface area contributed by atoms with Gasteiger partial charge in [0.25, 0.3) is 5.91 Å². The van der Waals surface area contributed by atoms with Crippen LogP contribution in [0, 0.1) is 0 Å². The molecule has 0 radical (unpaired) electrons. The van der Waals surface area contributed by atoms with Gasteiger partial charge in [-0.3, -0.25) is 4.79 Å². The molecular weight excluding hydrogens is 268 g/mol. The summed E-state index contributed by atoms with van der Waals surface area (Å²) in [4.78, 5) is 28.9. The second kappa shape index (κ2) is 4.91. The molecule has 2 N–H and O–H groups in total. The number of aliphatic carboxylic acids is 1. The van der Waals surface area contributed by atoms with Crippen LogP contribution in [-0.4, -0.2) is 39.0 Å². The molecule has 5 nitrogen and oxygen atoms in total. The monoisotopic (exact) mass is 286 g/mol. The Kier molecular flexibility index (Phi) is 3.20. The van der Waals surface area contributed by atoms with E-state index in [0.29, 0.717) is 18.5 Å². The van der Waals surface area contributed by atoms with Crippen LogP contribution < -0.4 is 0 Å². The van der Waals surface area contributed by atoms with Crippen molar-refractivity contribution in [1.82, 2.24) is 9.88 Å². The first-order valence-corrected chi connectivity index (χ1v) is 7.15. The van der Waals surface area contributed by atoms with E-state index in [2.05, 4.69) is 4.98 Å². The zero-order chi connectivity index (χ0) is 15.0. The van der Waals surface area contributed by atoms with Crippen LogP contribution in [0.5, 0.6) is 0 Å². The normalized spacial score (nSPS) is 22.4. The number of hydrogen-bond donors (Lipinski definition) is 2. The first-order chi connectivity index (χ1) is 10.0. The van der Waals surface area contributed by atoms with Gasteiger partial charge in [-0.15, -0.1) is 0 Å². The lowest BCUT2D eigenvalue weighted by molar-refractivity contribution is -0.150. The van der Waals surface area contributed by atoms with Crippen molar-refractivity contribution in [2.45, 2.75) is 31.7 Å². The number of benzene rings is 1. The van der Waals surface area contributed by atoms with E-state index < -0.39 is 11.5 Å². The van der Waals surface area contributed by atoms with Crippen molar-refractivity contribution in [3.05, 3.63) is 36.0 Å². The Morgan fingerprint density at radius 2 is 2.10 bits per heavy atom. The van der Waals surface area contributed by atoms with Gasteiger partial charge >= 0.3 is 5.97 Å². The molecule has 1 aromatic heterocycles. The van der Waals surface area contributed by atoms with Gasteiger partial charge in [-0.05, 0) is 50.5 Å². The number of carbonyl (C=O) groups excluding carboxylic acids is 1. The number of rotatable bonds is 2. The van der Waals surface area contributed by atoms with Crippen molar-refractivity contribution >= 4 is 22.8 Å². The molecule has 2 heterocycles. The minimum absolute atomic E-state index is 0.206. The summed E-state index contributed by atoms with van der Waals surface area (Å²) in [5.41, 5.74) is 0.394. The van der Waals surface area contributed by atoms with Crippen LogP contribution in [0.4, 0.5) is 0 Å². The number of amides is 1. The van der Waals surface area contributed by atoms with Crippen LogP contribution >= 0.6 is 0 Å². The molecule has 0 spiro atoms. The minimum atomic E-state index is -1.11. The molecule has 5 heteroatoms. The number of aromatic nitrogens is 1. The quantitative estimate of drug-likeness (QED) is 0.891. The smallest absolute Gasteiger partial charge is 0.329 e. The Morgan fingerprint density at radius 3 is 2.86 bits per heavy atom. The predicted octanol–water partition coefficient (Wildman–Crippen LogP) is 2.64. The van der Waals surface area contributed by atoms with E-state index in [0.717, 1.165) is 23.7 Å². The number of nitrogens with zero attached hydrogens (tertiary/aromatic N) is 1. The Morgan fingerprint density at radius 1 is 1.29 bits per heavy atom. The van der Waals surface area contributed by atoms with Gasteiger partial charge < -0.3 is 15.0 Å². The van der Waals surface area contributed by atoms with Gasteiger partial charge in [0.2, 0.25) is 0 Å². The van der Waals surface area contributed by atoms with Crippen molar-refractivity contribution in [3.63, 3.8) is 0 Å². The molecule has 1 aromatic carbocycles. The number of hydrogen-bond acceptors (Lipinski definition) is 2. The zero-order valence-corrected chi connectivity index (χ0v) is 11.9. The van der Waals surface area contributed by atoms with Gasteiger partial charge in [-0.2, -0.15) is 0 Å². The van der Waals surface area contributed by atoms with Crippen LogP contribution in [0.3, 0.4) is 0 Å². The lowest BCUT2D eigenvalue weighted by atomic mass is 9.87. The molecule has 1 amide bonds. The van der Waals surface area contributed by atoms with Gasteiger partial charge in [0.15, 0.2) is 0 Å². The summed E-state index contributed by atoms with van der Waals surface area (Å²) in [6, 6.07) is 7.31. The fourth-order valence-electron chi connectivity index (χ4n) is 3.01. The molecule has 1 atom stereocenters. The average molecular weight is 286 g/mol. The molecule has 21 heavy (non-hydrogen) atoms. The van der Waals surface area contributed by atoms with Gasteiger partial charge in [0.1, 0.15) is 5.54 Å². The van der Waals surface area contributed by atoms with Gasteiger partial charge in [-0.1, -0.05) is 0 Å². The number of piperidine rings is 1. The maximum atomic E-state index is 12.7. The lowest BCUT2D eigenvalue weighted by Gasteiger charge is -2.41. The molecule has 0 bridgehead atoms. The Labute approximate surface area is 122 Å². The number of nitrogens with one attached hydrogen (secondary N) is 1. The molecule has 2 aromatic rings. The van der Waals surface area contributed by atoms with Crippen LogP contribution in [0.1, 0.15) is 36.5 Å². The minimum Gasteiger partial charge on any atom is -0.480 e. The van der Waals surface area contributed by atoms with Crippen LogP contribution in [0.2, 0.25) is 0 Å². The maximum absolute atomic E-state index is 12.7. The highest BCUT2D eigenvalue weighted by atomic mass is 16.4. The highest BCUT2D eigenvalue weighted by Crippen LogP contribution is 2.30. The maximum Gasteiger partial charge on any atom is 0.329 e. The Bertz CT molecular complexity index is 706. The van der Waals surface area contributed by atoms with E-state index in [4.69, 9.17) is 0 Å². The number of likely N-dealkylation sites (tertiary alicyclic amines) is 1. The Hall–Kier alpha value is -2.30. The van der Waals surface area contributed by atoms with Crippen LogP contribution in [0.25, 0.3) is 10.9 Å². The number of aromatic amines is 1. The summed E-state index contributed by atoms with van der Waals surface area (Å²) < 4.78 is 0. The molecule has 110 valence electrons. The molecule has 0 saturated carbocycles. The highest BCUT2D eigenvalue weighted by molar-refractivity contribution is 6.00. The summed E-state index contributed by atoms with van der Waals surface area (Å²) in [7, 11) is 0.